The summed E-state index contributed by atoms with van der Waals surface area (Å²) in [5.41, 5.74) is 3.28. The Labute approximate surface area is 112 Å². The van der Waals surface area contributed by atoms with E-state index in [0.29, 0.717) is 24.1 Å². The van der Waals surface area contributed by atoms with Crippen molar-refractivity contribution in [2.45, 2.75) is 13.3 Å². The first-order valence-electron chi connectivity index (χ1n) is 6.19. The lowest BCUT2D eigenvalue weighted by molar-refractivity contribution is 0.610. The molecule has 0 aromatic heterocycles. The van der Waals surface area contributed by atoms with Crippen molar-refractivity contribution in [3.05, 3.63) is 65.0 Å². The fourth-order valence-corrected chi connectivity index (χ4v) is 1.94. The number of aryl methyl sites for hydroxylation is 1. The summed E-state index contributed by atoms with van der Waals surface area (Å²) in [6.07, 6.45) is 0.631. The van der Waals surface area contributed by atoms with Gasteiger partial charge in [0.25, 0.3) is 0 Å². The fourth-order valence-electron chi connectivity index (χ4n) is 1.94. The molecule has 0 aliphatic carbocycles. The van der Waals surface area contributed by atoms with Gasteiger partial charge in [-0.3, -0.25) is 0 Å². The molecule has 0 spiro atoms. The molecule has 0 radical (unpaired) electrons. The first-order valence-corrected chi connectivity index (χ1v) is 6.19. The molecule has 2 aromatic carbocycles. The van der Waals surface area contributed by atoms with Crippen molar-refractivity contribution in [3.63, 3.8) is 0 Å². The summed E-state index contributed by atoms with van der Waals surface area (Å²) in [5.74, 6) is -0.166. The fraction of sp³-hybridized carbons (Fsp3) is 0.188. The third-order valence-corrected chi connectivity index (χ3v) is 3.03. The number of halogens is 1. The molecule has 0 fully saturated rings. The molecule has 0 aliphatic heterocycles. The number of benzene rings is 2. The van der Waals surface area contributed by atoms with E-state index in [9.17, 15) is 4.39 Å². The number of rotatable bonds is 4. The second-order valence-corrected chi connectivity index (χ2v) is 4.41. The Balaban J connectivity index is 1.95. The molecule has 2 nitrogen and oxygen atoms in total. The predicted molar refractivity (Wildman–Crippen MR) is 74.5 cm³/mol. The quantitative estimate of drug-likeness (QED) is 0.903. The number of hydrogen-bond donors (Lipinski definition) is 1. The van der Waals surface area contributed by atoms with E-state index in [1.165, 1.54) is 6.07 Å². The first-order chi connectivity index (χ1) is 9.20. The third kappa shape index (κ3) is 3.32. The second-order valence-electron chi connectivity index (χ2n) is 4.41. The molecule has 0 bridgehead atoms. The summed E-state index contributed by atoms with van der Waals surface area (Å²) in [6, 6.07) is 14.5. The van der Waals surface area contributed by atoms with Crippen LogP contribution in [0.1, 0.15) is 16.7 Å². The molecular weight excluding hydrogens is 239 g/mol. The van der Waals surface area contributed by atoms with Crippen molar-refractivity contribution < 1.29 is 4.39 Å². The van der Waals surface area contributed by atoms with E-state index >= 15 is 0 Å². The van der Waals surface area contributed by atoms with E-state index < -0.39 is 0 Å². The minimum Gasteiger partial charge on any atom is -0.385 e. The van der Waals surface area contributed by atoms with Gasteiger partial charge in [0.1, 0.15) is 5.82 Å². The molecule has 3 heteroatoms. The van der Waals surface area contributed by atoms with Crippen molar-refractivity contribution in [2.75, 3.05) is 11.9 Å². The minimum absolute atomic E-state index is 0.166. The zero-order valence-electron chi connectivity index (χ0n) is 10.8. The van der Waals surface area contributed by atoms with Gasteiger partial charge in [0, 0.05) is 12.2 Å². The molecule has 19 heavy (non-hydrogen) atoms. The zero-order chi connectivity index (χ0) is 13.7. The van der Waals surface area contributed by atoms with E-state index in [1.807, 2.05) is 25.1 Å². The summed E-state index contributed by atoms with van der Waals surface area (Å²) in [6.45, 7) is 2.56. The van der Waals surface area contributed by atoms with Crippen LogP contribution in [0.3, 0.4) is 0 Å². The maximum atomic E-state index is 13.4. The molecule has 2 rings (SSSR count). The Morgan fingerprint density at radius 2 is 2.00 bits per heavy atom. The highest BCUT2D eigenvalue weighted by Crippen LogP contribution is 2.14. The van der Waals surface area contributed by atoms with Crippen LogP contribution in [-0.4, -0.2) is 6.54 Å². The Morgan fingerprint density at radius 1 is 1.21 bits per heavy atom. The first kappa shape index (κ1) is 13.1. The van der Waals surface area contributed by atoms with Gasteiger partial charge in [0.05, 0.1) is 11.6 Å². The van der Waals surface area contributed by atoms with Gasteiger partial charge in [-0.2, -0.15) is 5.26 Å². The van der Waals surface area contributed by atoms with Crippen molar-refractivity contribution in [3.8, 4) is 6.07 Å². The molecule has 96 valence electrons. The van der Waals surface area contributed by atoms with Gasteiger partial charge in [0.2, 0.25) is 0 Å². The normalized spacial score (nSPS) is 9.95. The standard InChI is InChI=1S/C16H15FN2/c1-12-10-15(7-6-14(12)11-18)19-9-8-13-4-2-3-5-16(13)17/h2-7,10,19H,8-9H2,1H3. The Bertz CT molecular complexity index is 614. The van der Waals surface area contributed by atoms with E-state index in [2.05, 4.69) is 11.4 Å². The molecule has 0 atom stereocenters. The Hall–Kier alpha value is -2.34. The average molecular weight is 254 g/mol. The van der Waals surface area contributed by atoms with Crippen LogP contribution in [0.4, 0.5) is 10.1 Å². The molecule has 0 amide bonds. The average Bonchev–Trinajstić information content (AvgIpc) is 2.41. The predicted octanol–water partition coefficient (Wildman–Crippen LogP) is 3.66. The third-order valence-electron chi connectivity index (χ3n) is 3.03. The molecule has 0 heterocycles. The number of hydrogen-bond acceptors (Lipinski definition) is 2. The highest BCUT2D eigenvalue weighted by molar-refractivity contribution is 5.51. The van der Waals surface area contributed by atoms with Crippen LogP contribution in [0.2, 0.25) is 0 Å². The lowest BCUT2D eigenvalue weighted by atomic mass is 10.1. The lowest BCUT2D eigenvalue weighted by Gasteiger charge is -2.08. The summed E-state index contributed by atoms with van der Waals surface area (Å²) in [4.78, 5) is 0. The van der Waals surface area contributed by atoms with Crippen LogP contribution >= 0.6 is 0 Å². The minimum atomic E-state index is -0.166. The molecule has 0 saturated carbocycles. The van der Waals surface area contributed by atoms with Crippen LogP contribution in [0.15, 0.2) is 42.5 Å². The number of nitrogens with one attached hydrogen (secondary N) is 1. The maximum absolute atomic E-state index is 13.4. The van der Waals surface area contributed by atoms with Crippen molar-refractivity contribution in [1.82, 2.24) is 0 Å². The summed E-state index contributed by atoms with van der Waals surface area (Å²) < 4.78 is 13.4. The monoisotopic (exact) mass is 254 g/mol. The largest absolute Gasteiger partial charge is 0.385 e. The van der Waals surface area contributed by atoms with Crippen LogP contribution in [0.5, 0.6) is 0 Å². The SMILES string of the molecule is Cc1cc(NCCc2ccccc2F)ccc1C#N. The highest BCUT2D eigenvalue weighted by atomic mass is 19.1. The van der Waals surface area contributed by atoms with Gasteiger partial charge >= 0.3 is 0 Å². The highest BCUT2D eigenvalue weighted by Gasteiger charge is 2.01. The smallest absolute Gasteiger partial charge is 0.126 e. The number of nitriles is 1. The van der Waals surface area contributed by atoms with Gasteiger partial charge < -0.3 is 5.32 Å². The molecule has 2 aromatic rings. The van der Waals surface area contributed by atoms with Crippen LogP contribution in [0.25, 0.3) is 0 Å². The van der Waals surface area contributed by atoms with Gasteiger partial charge in [-0.15, -0.1) is 0 Å². The van der Waals surface area contributed by atoms with E-state index in [0.717, 1.165) is 11.3 Å². The molecule has 1 N–H and O–H groups in total. The summed E-state index contributed by atoms with van der Waals surface area (Å²) in [5, 5.41) is 12.1. The van der Waals surface area contributed by atoms with E-state index in [1.54, 1.807) is 18.2 Å². The van der Waals surface area contributed by atoms with Crippen LogP contribution < -0.4 is 5.32 Å². The van der Waals surface area contributed by atoms with Crippen LogP contribution in [-0.2, 0) is 6.42 Å². The lowest BCUT2D eigenvalue weighted by Crippen LogP contribution is -2.06. The Morgan fingerprint density at radius 3 is 2.68 bits per heavy atom. The topological polar surface area (TPSA) is 35.8 Å². The van der Waals surface area contributed by atoms with Gasteiger partial charge in [0.15, 0.2) is 0 Å². The second kappa shape index (κ2) is 6.01. The number of anilines is 1. The molecular formula is C16H15FN2. The zero-order valence-corrected chi connectivity index (χ0v) is 10.8. The van der Waals surface area contributed by atoms with Gasteiger partial charge in [-0.25, -0.2) is 4.39 Å². The molecule has 0 aliphatic rings. The molecule has 0 unspecified atom stereocenters. The van der Waals surface area contributed by atoms with E-state index in [4.69, 9.17) is 5.26 Å². The van der Waals surface area contributed by atoms with Crippen molar-refractivity contribution >= 4 is 5.69 Å². The maximum Gasteiger partial charge on any atom is 0.126 e. The molecule has 0 saturated heterocycles. The Kier molecular flexibility index (Phi) is 4.15. The summed E-state index contributed by atoms with van der Waals surface area (Å²) in [7, 11) is 0. The van der Waals surface area contributed by atoms with Crippen molar-refractivity contribution in [2.24, 2.45) is 0 Å². The van der Waals surface area contributed by atoms with Crippen molar-refractivity contribution in [1.29, 1.82) is 5.26 Å². The number of nitrogens with zero attached hydrogens (tertiary/aromatic N) is 1. The van der Waals surface area contributed by atoms with E-state index in [-0.39, 0.29) is 5.82 Å². The van der Waals surface area contributed by atoms with Gasteiger partial charge in [-0.1, -0.05) is 18.2 Å². The summed E-state index contributed by atoms with van der Waals surface area (Å²) >= 11 is 0. The van der Waals surface area contributed by atoms with Crippen LogP contribution in [0, 0.1) is 24.1 Å². The van der Waals surface area contributed by atoms with Gasteiger partial charge in [-0.05, 0) is 48.7 Å².